The van der Waals surface area contributed by atoms with Gasteiger partial charge in [0.05, 0.1) is 22.7 Å². The molecule has 2 aromatic carbocycles. The maximum Gasteiger partial charge on any atom is 0.387 e. The lowest BCUT2D eigenvalue weighted by Crippen LogP contribution is -2.37. The van der Waals surface area contributed by atoms with E-state index in [4.69, 9.17) is 21.3 Å². The second-order valence-corrected chi connectivity index (χ2v) is 9.69. The van der Waals surface area contributed by atoms with Gasteiger partial charge < -0.3 is 14.4 Å². The van der Waals surface area contributed by atoms with Crippen LogP contribution in [0.2, 0.25) is 5.02 Å². The van der Waals surface area contributed by atoms with Crippen LogP contribution < -0.4 is 4.74 Å². The number of aromatic nitrogens is 2. The van der Waals surface area contributed by atoms with Crippen molar-refractivity contribution < 1.29 is 18.6 Å². The molecular formula is C21H19ClF2N2O2S. The van der Waals surface area contributed by atoms with Crippen molar-refractivity contribution in [2.75, 3.05) is 0 Å². The molecule has 29 heavy (non-hydrogen) atoms. The molecule has 0 spiro atoms. The van der Waals surface area contributed by atoms with Crippen molar-refractivity contribution in [3.63, 3.8) is 0 Å². The lowest BCUT2D eigenvalue weighted by molar-refractivity contribution is -0.0508. The highest BCUT2D eigenvalue weighted by molar-refractivity contribution is 8.00. The molecule has 1 N–H and O–H groups in total. The van der Waals surface area contributed by atoms with Crippen LogP contribution in [0.5, 0.6) is 5.75 Å². The van der Waals surface area contributed by atoms with Gasteiger partial charge in [0.2, 0.25) is 0 Å². The first-order chi connectivity index (χ1) is 13.7. The van der Waals surface area contributed by atoms with Gasteiger partial charge in [0, 0.05) is 26.6 Å². The molecule has 2 aliphatic heterocycles. The lowest BCUT2D eigenvalue weighted by atomic mass is 9.88. The van der Waals surface area contributed by atoms with Crippen LogP contribution in [0.25, 0.3) is 11.0 Å². The summed E-state index contributed by atoms with van der Waals surface area (Å²) < 4.78 is 33.3. The first kappa shape index (κ1) is 19.2. The predicted octanol–water partition coefficient (Wildman–Crippen LogP) is 5.61. The number of ether oxygens (including phenoxy) is 1. The zero-order chi connectivity index (χ0) is 20.5. The molecule has 4 nitrogen and oxygen atoms in total. The number of rotatable bonds is 3. The fourth-order valence-electron chi connectivity index (χ4n) is 4.64. The van der Waals surface area contributed by atoms with Crippen molar-refractivity contribution in [2.24, 2.45) is 0 Å². The third-order valence-corrected chi connectivity index (χ3v) is 7.69. The summed E-state index contributed by atoms with van der Waals surface area (Å²) in [5.41, 5.74) is 1.38. The highest BCUT2D eigenvalue weighted by atomic mass is 35.5. The second-order valence-electron chi connectivity index (χ2n) is 8.07. The molecule has 2 aliphatic rings. The van der Waals surface area contributed by atoms with E-state index in [-0.39, 0.29) is 23.0 Å². The summed E-state index contributed by atoms with van der Waals surface area (Å²) in [6.07, 6.45) is 0.656. The highest BCUT2D eigenvalue weighted by Crippen LogP contribution is 2.57. The molecule has 2 bridgehead atoms. The van der Waals surface area contributed by atoms with Gasteiger partial charge in [0.1, 0.15) is 11.6 Å². The van der Waals surface area contributed by atoms with Gasteiger partial charge in [-0.2, -0.15) is 8.78 Å². The van der Waals surface area contributed by atoms with Crippen LogP contribution in [0.15, 0.2) is 41.3 Å². The van der Waals surface area contributed by atoms with Crippen molar-refractivity contribution in [3.05, 3.63) is 52.8 Å². The molecule has 0 saturated carbocycles. The van der Waals surface area contributed by atoms with Crippen LogP contribution in [-0.2, 0) is 0 Å². The Bertz CT molecular complexity index is 1110. The molecule has 3 heterocycles. The van der Waals surface area contributed by atoms with Crippen molar-refractivity contribution in [1.29, 1.82) is 0 Å². The molecule has 2 unspecified atom stereocenters. The number of thioether (sulfide) groups is 1. The number of hydrogen-bond donors (Lipinski definition) is 1. The van der Waals surface area contributed by atoms with Gasteiger partial charge in [0.15, 0.2) is 0 Å². The quantitative estimate of drug-likeness (QED) is 0.579. The van der Waals surface area contributed by atoms with E-state index in [1.54, 1.807) is 32.0 Å². The number of nitrogens with zero attached hydrogens (tertiary/aromatic N) is 2. The Morgan fingerprint density at radius 3 is 2.83 bits per heavy atom. The van der Waals surface area contributed by atoms with Gasteiger partial charge >= 0.3 is 6.61 Å². The molecule has 8 heteroatoms. The number of halogens is 3. The molecule has 1 aromatic heterocycles. The smallest absolute Gasteiger partial charge is 0.387 e. The predicted molar refractivity (Wildman–Crippen MR) is 109 cm³/mol. The normalized spacial score (nSPS) is 23.2. The number of aliphatic hydroxyl groups is 1. The van der Waals surface area contributed by atoms with E-state index < -0.39 is 12.2 Å². The maximum atomic E-state index is 13.1. The zero-order valence-electron chi connectivity index (χ0n) is 15.8. The Morgan fingerprint density at radius 2 is 2.10 bits per heavy atom. The van der Waals surface area contributed by atoms with Crippen LogP contribution in [0.1, 0.15) is 43.6 Å². The summed E-state index contributed by atoms with van der Waals surface area (Å²) in [7, 11) is 0. The lowest BCUT2D eigenvalue weighted by Gasteiger charge is -2.32. The molecule has 5 rings (SSSR count). The minimum atomic E-state index is -2.91. The topological polar surface area (TPSA) is 47.3 Å². The van der Waals surface area contributed by atoms with Crippen LogP contribution in [0.4, 0.5) is 8.78 Å². The average Bonchev–Trinajstić information content (AvgIpc) is 3.09. The van der Waals surface area contributed by atoms with Gasteiger partial charge in [-0.25, -0.2) is 4.98 Å². The van der Waals surface area contributed by atoms with E-state index >= 15 is 0 Å². The largest absolute Gasteiger partial charge is 0.434 e. The summed E-state index contributed by atoms with van der Waals surface area (Å²) >= 11 is 7.76. The molecule has 3 aromatic rings. The Balaban J connectivity index is 1.80. The number of hydrogen-bond acceptors (Lipinski definition) is 4. The van der Waals surface area contributed by atoms with Crippen LogP contribution in [0, 0.1) is 0 Å². The summed E-state index contributed by atoms with van der Waals surface area (Å²) in [5.74, 6) is 0.981. The van der Waals surface area contributed by atoms with E-state index in [1.165, 1.54) is 11.8 Å². The molecule has 152 valence electrons. The van der Waals surface area contributed by atoms with Crippen molar-refractivity contribution in [3.8, 4) is 5.75 Å². The van der Waals surface area contributed by atoms with E-state index in [0.29, 0.717) is 17.0 Å². The third kappa shape index (κ3) is 3.02. The molecule has 0 aliphatic carbocycles. The van der Waals surface area contributed by atoms with Gasteiger partial charge in [-0.1, -0.05) is 17.7 Å². The minimum absolute atomic E-state index is 0.0389. The van der Waals surface area contributed by atoms with Gasteiger partial charge in [-0.05, 0) is 50.6 Å². The van der Waals surface area contributed by atoms with E-state index in [9.17, 15) is 13.9 Å². The first-order valence-corrected chi connectivity index (χ1v) is 10.6. The van der Waals surface area contributed by atoms with Gasteiger partial charge in [0.25, 0.3) is 0 Å². The second kappa shape index (κ2) is 6.59. The van der Waals surface area contributed by atoms with Crippen LogP contribution in [-0.4, -0.2) is 32.1 Å². The van der Waals surface area contributed by atoms with Crippen LogP contribution in [0.3, 0.4) is 0 Å². The van der Waals surface area contributed by atoms with Crippen molar-refractivity contribution in [2.45, 2.75) is 54.6 Å². The Labute approximate surface area is 175 Å². The number of alkyl halides is 2. The standard InChI is InChI=1S/C21H19ClF2N2O2S/c1-21(2,27)18-11-9-14(17-15(28-20(23)24)4-3-5-16(17)29-18)26-13-8-10(22)6-7-12(13)25-19(11)26/h3-8,11,14,18,20,27H,9H2,1-2H3/t11?,14-,18?/m0/s1. The molecule has 0 fully saturated rings. The van der Waals surface area contributed by atoms with E-state index in [0.717, 1.165) is 21.8 Å². The monoisotopic (exact) mass is 436 g/mol. The summed E-state index contributed by atoms with van der Waals surface area (Å²) in [6, 6.07) is 10.5. The number of imidazole rings is 1. The third-order valence-electron chi connectivity index (χ3n) is 5.69. The molecular weight excluding hydrogens is 418 g/mol. The van der Waals surface area contributed by atoms with Crippen molar-refractivity contribution in [1.82, 2.24) is 9.55 Å². The summed E-state index contributed by atoms with van der Waals surface area (Å²) in [5, 5.41) is 11.3. The molecule has 0 amide bonds. The summed E-state index contributed by atoms with van der Waals surface area (Å²) in [4.78, 5) is 5.68. The fourth-order valence-corrected chi connectivity index (χ4v) is 6.29. The SMILES string of the molecule is CC(C)(O)C1Sc2cccc(OC(F)F)c2[C@@H]2CC1c1nc3ccc(Cl)cc3n12. The van der Waals surface area contributed by atoms with Gasteiger partial charge in [-0.15, -0.1) is 11.8 Å². The van der Waals surface area contributed by atoms with E-state index in [2.05, 4.69) is 4.57 Å². The van der Waals surface area contributed by atoms with Crippen molar-refractivity contribution >= 4 is 34.4 Å². The minimum Gasteiger partial charge on any atom is -0.434 e. The number of benzene rings is 2. The average molecular weight is 437 g/mol. The summed E-state index contributed by atoms with van der Waals surface area (Å²) in [6.45, 7) is 0.657. The maximum absolute atomic E-state index is 13.1. The first-order valence-electron chi connectivity index (χ1n) is 9.38. The van der Waals surface area contributed by atoms with Crippen LogP contribution >= 0.6 is 23.4 Å². The van der Waals surface area contributed by atoms with Gasteiger partial charge in [-0.3, -0.25) is 0 Å². The Hall–Kier alpha value is -1.83. The fraction of sp³-hybridized carbons (Fsp3) is 0.381. The molecule has 3 atom stereocenters. The number of fused-ring (bicyclic) bond motifs is 9. The zero-order valence-corrected chi connectivity index (χ0v) is 17.3. The Kier molecular flexibility index (Phi) is 4.35. The molecule has 0 saturated heterocycles. The highest BCUT2D eigenvalue weighted by Gasteiger charge is 2.48. The molecule has 0 radical (unpaired) electrons. The Morgan fingerprint density at radius 1 is 1.31 bits per heavy atom. The van der Waals surface area contributed by atoms with E-state index in [1.807, 2.05) is 18.2 Å².